The van der Waals surface area contributed by atoms with Gasteiger partial charge in [-0.1, -0.05) is 115 Å². The van der Waals surface area contributed by atoms with E-state index in [2.05, 4.69) is 183 Å². The van der Waals surface area contributed by atoms with E-state index in [1.807, 2.05) is 0 Å². The third-order valence-electron chi connectivity index (χ3n) is 10.9. The fraction of sp³-hybridized carbons (Fsp3) is 0.0638. The zero-order valence-corrected chi connectivity index (χ0v) is 27.0. The van der Waals surface area contributed by atoms with Crippen LogP contribution in [0.5, 0.6) is 0 Å². The molecule has 0 N–H and O–H groups in total. The molecule has 1 spiro atoms. The van der Waals surface area contributed by atoms with Gasteiger partial charge < -0.3 is 4.90 Å². The van der Waals surface area contributed by atoms with E-state index in [-0.39, 0.29) is 0 Å². The van der Waals surface area contributed by atoms with Gasteiger partial charge >= 0.3 is 0 Å². The van der Waals surface area contributed by atoms with E-state index in [0.717, 1.165) is 11.4 Å². The molecule has 0 saturated carbocycles. The van der Waals surface area contributed by atoms with Crippen LogP contribution >= 0.6 is 0 Å². The molecule has 0 heterocycles. The first-order chi connectivity index (χ1) is 23.6. The summed E-state index contributed by atoms with van der Waals surface area (Å²) in [5, 5.41) is 5.10. The van der Waals surface area contributed by atoms with Crippen LogP contribution < -0.4 is 4.90 Å². The number of benzene rings is 8. The van der Waals surface area contributed by atoms with Gasteiger partial charge in [-0.15, -0.1) is 0 Å². The van der Waals surface area contributed by atoms with Crippen molar-refractivity contribution in [3.05, 3.63) is 197 Å². The number of hydrogen-bond donors (Lipinski definition) is 0. The minimum atomic E-state index is -0.407. The molecule has 2 aliphatic carbocycles. The first-order valence-corrected chi connectivity index (χ1v) is 16.9. The summed E-state index contributed by atoms with van der Waals surface area (Å²) in [4.78, 5) is 2.39. The number of fused-ring (bicyclic) bond motifs is 13. The van der Waals surface area contributed by atoms with E-state index in [1.54, 1.807) is 0 Å². The van der Waals surface area contributed by atoms with Gasteiger partial charge in [-0.05, 0) is 140 Å². The average molecular weight is 612 g/mol. The molecule has 8 aromatic rings. The van der Waals surface area contributed by atoms with Crippen LogP contribution in [0.2, 0.25) is 0 Å². The normalized spacial score (nSPS) is 13.4. The van der Waals surface area contributed by atoms with E-state index >= 15 is 0 Å². The van der Waals surface area contributed by atoms with Crippen LogP contribution in [0.1, 0.15) is 33.4 Å². The number of aryl methyl sites for hydroxylation is 2. The summed E-state index contributed by atoms with van der Waals surface area (Å²) in [5.41, 5.74) is 16.5. The SMILES string of the molecule is Cc1ccc(N(c2ccccc2)c2ccc3cc4c(cc3c2)C2(c3ccccc3-c3ccccc32)c2c-4ccc3ccccc23)cc1C. The Morgan fingerprint density at radius 3 is 1.79 bits per heavy atom. The Balaban J connectivity index is 1.28. The van der Waals surface area contributed by atoms with Gasteiger partial charge in [0.2, 0.25) is 0 Å². The van der Waals surface area contributed by atoms with Crippen LogP contribution in [0.3, 0.4) is 0 Å². The number of nitrogens with zero attached hydrogens (tertiary/aromatic N) is 1. The van der Waals surface area contributed by atoms with Crippen molar-refractivity contribution in [1.29, 1.82) is 0 Å². The van der Waals surface area contributed by atoms with Crippen LogP contribution in [0.25, 0.3) is 43.8 Å². The van der Waals surface area contributed by atoms with Crippen LogP contribution in [0, 0.1) is 13.8 Å². The molecule has 0 unspecified atom stereocenters. The zero-order chi connectivity index (χ0) is 32.0. The lowest BCUT2D eigenvalue weighted by atomic mass is 9.69. The topological polar surface area (TPSA) is 3.24 Å². The van der Waals surface area contributed by atoms with E-state index in [1.165, 1.54) is 82.9 Å². The van der Waals surface area contributed by atoms with E-state index in [4.69, 9.17) is 0 Å². The summed E-state index contributed by atoms with van der Waals surface area (Å²) in [7, 11) is 0. The first kappa shape index (κ1) is 27.2. The second-order valence-corrected chi connectivity index (χ2v) is 13.4. The molecule has 0 radical (unpaired) electrons. The maximum Gasteiger partial charge on any atom is 0.0731 e. The molecule has 1 nitrogen and oxygen atoms in total. The summed E-state index contributed by atoms with van der Waals surface area (Å²) < 4.78 is 0. The van der Waals surface area contributed by atoms with Gasteiger partial charge in [0.15, 0.2) is 0 Å². The molecule has 0 amide bonds. The zero-order valence-electron chi connectivity index (χ0n) is 27.0. The molecule has 0 fully saturated rings. The quantitative estimate of drug-likeness (QED) is 0.192. The van der Waals surface area contributed by atoms with Gasteiger partial charge in [-0.25, -0.2) is 0 Å². The molecule has 1 heteroatoms. The minimum Gasteiger partial charge on any atom is -0.310 e. The molecule has 0 atom stereocenters. The van der Waals surface area contributed by atoms with Crippen LogP contribution in [-0.4, -0.2) is 0 Å². The minimum absolute atomic E-state index is 0.407. The van der Waals surface area contributed by atoms with Crippen molar-refractivity contribution >= 4 is 38.6 Å². The lowest BCUT2D eigenvalue weighted by Gasteiger charge is -2.31. The first-order valence-electron chi connectivity index (χ1n) is 16.9. The fourth-order valence-electron chi connectivity index (χ4n) is 8.68. The van der Waals surface area contributed by atoms with Crippen molar-refractivity contribution in [3.63, 3.8) is 0 Å². The highest BCUT2D eigenvalue weighted by atomic mass is 15.1. The fourth-order valence-corrected chi connectivity index (χ4v) is 8.68. The van der Waals surface area contributed by atoms with Gasteiger partial charge in [0.1, 0.15) is 0 Å². The Bertz CT molecular complexity index is 2550. The van der Waals surface area contributed by atoms with Crippen molar-refractivity contribution in [2.75, 3.05) is 4.90 Å². The van der Waals surface area contributed by atoms with Crippen LogP contribution in [0.15, 0.2) is 164 Å². The highest BCUT2D eigenvalue weighted by Gasteiger charge is 2.52. The van der Waals surface area contributed by atoms with Crippen molar-refractivity contribution in [2.24, 2.45) is 0 Å². The Kier molecular flexibility index (Phi) is 5.69. The predicted octanol–water partition coefficient (Wildman–Crippen LogP) is 12.4. The maximum absolute atomic E-state index is 2.51. The molecule has 10 rings (SSSR count). The van der Waals surface area contributed by atoms with Gasteiger partial charge in [0.05, 0.1) is 5.41 Å². The molecule has 0 aliphatic heterocycles. The summed E-state index contributed by atoms with van der Waals surface area (Å²) in [6.45, 7) is 4.38. The highest BCUT2D eigenvalue weighted by molar-refractivity contribution is 6.06. The van der Waals surface area contributed by atoms with Gasteiger partial charge in [-0.3, -0.25) is 0 Å². The van der Waals surface area contributed by atoms with Crippen molar-refractivity contribution < 1.29 is 0 Å². The third kappa shape index (κ3) is 3.62. The predicted molar refractivity (Wildman–Crippen MR) is 202 cm³/mol. The second kappa shape index (κ2) is 10.0. The molecule has 0 saturated heterocycles. The largest absolute Gasteiger partial charge is 0.310 e. The molecular weight excluding hydrogens is 579 g/mol. The van der Waals surface area contributed by atoms with E-state index in [0.29, 0.717) is 0 Å². The Labute approximate surface area is 281 Å². The van der Waals surface area contributed by atoms with E-state index in [9.17, 15) is 0 Å². The van der Waals surface area contributed by atoms with Gasteiger partial charge in [0, 0.05) is 17.1 Å². The molecule has 8 aromatic carbocycles. The van der Waals surface area contributed by atoms with Gasteiger partial charge in [-0.2, -0.15) is 0 Å². The number of anilines is 3. The lowest BCUT2D eigenvalue weighted by molar-refractivity contribution is 0.802. The lowest BCUT2D eigenvalue weighted by Crippen LogP contribution is -2.26. The highest BCUT2D eigenvalue weighted by Crippen LogP contribution is 2.64. The Morgan fingerprint density at radius 1 is 0.375 bits per heavy atom. The van der Waals surface area contributed by atoms with Crippen LogP contribution in [0.4, 0.5) is 17.1 Å². The number of hydrogen-bond acceptors (Lipinski definition) is 1. The molecule has 0 aromatic heterocycles. The Hall–Kier alpha value is -5.92. The van der Waals surface area contributed by atoms with Crippen LogP contribution in [-0.2, 0) is 5.41 Å². The standard InChI is InChI=1S/C47H33N/c1-30-20-23-36(26-31(30)2)48(35-13-4-3-5-14-35)37-24-21-33-28-42-41-25-22-32-12-6-7-15-38(32)46(41)47(45(42)29-34(33)27-37)43-18-10-8-16-39(43)40-17-9-11-19-44(40)47/h3-29H,1-2H3. The summed E-state index contributed by atoms with van der Waals surface area (Å²) in [5.74, 6) is 0. The molecule has 226 valence electrons. The molecule has 0 bridgehead atoms. The average Bonchev–Trinajstić information content (AvgIpc) is 3.59. The van der Waals surface area contributed by atoms with E-state index < -0.39 is 5.41 Å². The monoisotopic (exact) mass is 611 g/mol. The Morgan fingerprint density at radius 2 is 1.02 bits per heavy atom. The second-order valence-electron chi connectivity index (χ2n) is 13.4. The third-order valence-corrected chi connectivity index (χ3v) is 10.9. The summed E-state index contributed by atoms with van der Waals surface area (Å²) >= 11 is 0. The smallest absolute Gasteiger partial charge is 0.0731 e. The van der Waals surface area contributed by atoms with Crippen molar-refractivity contribution in [2.45, 2.75) is 19.3 Å². The summed E-state index contributed by atoms with van der Waals surface area (Å²) in [6, 6.07) is 61.2. The number of rotatable bonds is 3. The van der Waals surface area contributed by atoms with Crippen molar-refractivity contribution in [3.8, 4) is 22.3 Å². The number of para-hydroxylation sites is 1. The maximum atomic E-state index is 2.51. The van der Waals surface area contributed by atoms with Gasteiger partial charge in [0.25, 0.3) is 0 Å². The molecule has 48 heavy (non-hydrogen) atoms. The summed E-state index contributed by atoms with van der Waals surface area (Å²) in [6.07, 6.45) is 0. The molecule has 2 aliphatic rings. The molecular formula is C47H33N. The van der Waals surface area contributed by atoms with Crippen molar-refractivity contribution in [1.82, 2.24) is 0 Å².